The zero-order valence-corrected chi connectivity index (χ0v) is 23.6. The number of hydrogen-bond donors (Lipinski definition) is 1. The van der Waals surface area contributed by atoms with Gasteiger partial charge in [-0.05, 0) is 83.1 Å². The molecule has 3 aliphatic rings. The van der Waals surface area contributed by atoms with Gasteiger partial charge in [0, 0.05) is 44.0 Å². The van der Waals surface area contributed by atoms with E-state index >= 15 is 4.39 Å². The van der Waals surface area contributed by atoms with E-state index in [9.17, 15) is 0 Å². The lowest BCUT2D eigenvalue weighted by Gasteiger charge is -2.43. The zero-order valence-electron chi connectivity index (χ0n) is 23.6. The largest absolute Gasteiger partial charge is 0.366 e. The van der Waals surface area contributed by atoms with E-state index < -0.39 is 0 Å². The first-order valence-corrected chi connectivity index (χ1v) is 14.6. The Balaban J connectivity index is 1.23. The van der Waals surface area contributed by atoms with Crippen LogP contribution < -0.4 is 10.2 Å². The predicted octanol–water partition coefficient (Wildman–Crippen LogP) is 5.65. The summed E-state index contributed by atoms with van der Waals surface area (Å²) in [4.78, 5) is 21.0. The molecule has 5 rings (SSSR count). The first kappa shape index (κ1) is 27.0. The molecule has 0 unspecified atom stereocenters. The number of aromatic nitrogens is 3. The summed E-state index contributed by atoms with van der Waals surface area (Å²) in [5.41, 5.74) is 4.92. The Kier molecular flexibility index (Phi) is 8.58. The molecular weight excluding hydrogens is 477 g/mol. The Labute approximate surface area is 227 Å². The first-order valence-electron chi connectivity index (χ1n) is 14.6. The van der Waals surface area contributed by atoms with Gasteiger partial charge in [-0.3, -0.25) is 4.90 Å². The minimum atomic E-state index is -0.304. The van der Waals surface area contributed by atoms with E-state index in [2.05, 4.69) is 55.7 Å². The van der Waals surface area contributed by atoms with Crippen LogP contribution in [-0.4, -0.2) is 76.6 Å². The second-order valence-corrected chi connectivity index (χ2v) is 11.5. The second kappa shape index (κ2) is 12.1. The van der Waals surface area contributed by atoms with Gasteiger partial charge in [-0.1, -0.05) is 25.3 Å². The number of piperidine rings is 1. The quantitative estimate of drug-likeness (QED) is 0.505. The summed E-state index contributed by atoms with van der Waals surface area (Å²) in [5.74, 6) is 0.680. The van der Waals surface area contributed by atoms with Gasteiger partial charge in [-0.15, -0.1) is 0 Å². The Morgan fingerprint density at radius 2 is 1.58 bits per heavy atom. The molecule has 8 heteroatoms. The number of hydrogen-bond acceptors (Lipinski definition) is 7. The van der Waals surface area contributed by atoms with E-state index in [1.807, 2.05) is 19.3 Å². The molecule has 0 atom stereocenters. The van der Waals surface area contributed by atoms with Crippen molar-refractivity contribution in [3.63, 3.8) is 0 Å². The summed E-state index contributed by atoms with van der Waals surface area (Å²) in [6, 6.07) is 0.713. The summed E-state index contributed by atoms with van der Waals surface area (Å²) >= 11 is 0. The van der Waals surface area contributed by atoms with Crippen LogP contribution in [0.3, 0.4) is 0 Å². The molecule has 0 spiro atoms. The van der Waals surface area contributed by atoms with Gasteiger partial charge in [0.15, 0.2) is 11.6 Å². The lowest BCUT2D eigenvalue weighted by Crippen LogP contribution is -2.53. The maximum absolute atomic E-state index is 15.9. The number of rotatable bonds is 7. The van der Waals surface area contributed by atoms with E-state index in [4.69, 9.17) is 0 Å². The van der Waals surface area contributed by atoms with Crippen molar-refractivity contribution in [1.82, 2.24) is 24.8 Å². The summed E-state index contributed by atoms with van der Waals surface area (Å²) < 4.78 is 15.9. The highest BCUT2D eigenvalue weighted by atomic mass is 19.1. The van der Waals surface area contributed by atoms with Crippen LogP contribution in [0.2, 0.25) is 0 Å². The fraction of sp³-hybridized carbons (Fsp3) is 0.633. The van der Waals surface area contributed by atoms with Gasteiger partial charge in [0.25, 0.3) is 0 Å². The minimum Gasteiger partial charge on any atom is -0.366 e. The molecule has 2 aromatic heterocycles. The molecule has 0 amide bonds. The second-order valence-electron chi connectivity index (χ2n) is 11.5. The van der Waals surface area contributed by atoms with Crippen molar-refractivity contribution >= 4 is 23.0 Å². The van der Waals surface area contributed by atoms with Crippen molar-refractivity contribution in [1.29, 1.82) is 0 Å². The van der Waals surface area contributed by atoms with Gasteiger partial charge >= 0.3 is 0 Å². The van der Waals surface area contributed by atoms with Crippen molar-refractivity contribution in [2.75, 3.05) is 56.0 Å². The zero-order chi connectivity index (χ0) is 26.6. The van der Waals surface area contributed by atoms with Crippen molar-refractivity contribution in [2.24, 2.45) is 5.92 Å². The number of aryl methyl sites for hydroxylation is 1. The number of anilines is 3. The number of halogens is 1. The van der Waals surface area contributed by atoms with Gasteiger partial charge in [0.05, 0.1) is 18.1 Å². The summed E-state index contributed by atoms with van der Waals surface area (Å²) in [6.45, 7) is 16.1. The average Bonchev–Trinajstić information content (AvgIpc) is 3.47. The topological polar surface area (TPSA) is 60.4 Å². The van der Waals surface area contributed by atoms with E-state index in [-0.39, 0.29) is 11.6 Å². The van der Waals surface area contributed by atoms with Crippen molar-refractivity contribution in [3.8, 4) is 0 Å². The molecule has 1 aliphatic carbocycles. The van der Waals surface area contributed by atoms with Crippen LogP contribution in [-0.2, 0) is 0 Å². The highest BCUT2D eigenvalue weighted by molar-refractivity contribution is 5.75. The van der Waals surface area contributed by atoms with Gasteiger partial charge < -0.3 is 15.1 Å². The Morgan fingerprint density at radius 3 is 2.18 bits per heavy atom. The van der Waals surface area contributed by atoms with E-state index in [1.165, 1.54) is 44.3 Å². The number of piperazine rings is 1. The lowest BCUT2D eigenvalue weighted by molar-refractivity contribution is 0.106. The number of pyridine rings is 1. The Morgan fingerprint density at radius 1 is 0.921 bits per heavy atom. The molecule has 7 nitrogen and oxygen atoms in total. The fourth-order valence-electron chi connectivity index (χ4n) is 6.67. The van der Waals surface area contributed by atoms with Gasteiger partial charge in [-0.25, -0.2) is 19.3 Å². The Hall–Kier alpha value is -2.58. The van der Waals surface area contributed by atoms with E-state index in [1.54, 1.807) is 6.20 Å². The van der Waals surface area contributed by atoms with Crippen LogP contribution in [0.25, 0.3) is 5.57 Å². The highest BCUT2D eigenvalue weighted by Crippen LogP contribution is 2.41. The number of allylic oxidation sites excluding steroid dienone is 2. The van der Waals surface area contributed by atoms with Crippen LogP contribution in [0.5, 0.6) is 0 Å². The normalized spacial score (nSPS) is 20.2. The predicted molar refractivity (Wildman–Crippen MR) is 153 cm³/mol. The summed E-state index contributed by atoms with van der Waals surface area (Å²) in [7, 11) is 0. The molecule has 0 bridgehead atoms. The minimum absolute atomic E-state index is 0.192. The molecule has 206 valence electrons. The number of likely N-dealkylation sites (tertiary alicyclic amines) is 1. The molecule has 38 heavy (non-hydrogen) atoms. The Bertz CT molecular complexity index is 1110. The molecule has 4 heterocycles. The smallest absolute Gasteiger partial charge is 0.228 e. The molecular formula is C30H44FN7. The van der Waals surface area contributed by atoms with Gasteiger partial charge in [0.2, 0.25) is 5.95 Å². The number of nitrogens with one attached hydrogen (secondary N) is 1. The van der Waals surface area contributed by atoms with Crippen molar-refractivity contribution in [3.05, 3.63) is 41.1 Å². The molecule has 2 saturated heterocycles. The maximum atomic E-state index is 15.9. The molecule has 3 fully saturated rings. The molecule has 1 N–H and O–H groups in total. The fourth-order valence-corrected chi connectivity index (χ4v) is 6.67. The van der Waals surface area contributed by atoms with Crippen LogP contribution in [0.15, 0.2) is 24.2 Å². The molecule has 1 saturated carbocycles. The summed E-state index contributed by atoms with van der Waals surface area (Å²) in [5, 5.41) is 3.05. The first-order chi connectivity index (χ1) is 18.4. The van der Waals surface area contributed by atoms with Crippen molar-refractivity contribution < 1.29 is 4.39 Å². The number of nitrogens with zero attached hydrogens (tertiary/aromatic N) is 6. The van der Waals surface area contributed by atoms with Crippen molar-refractivity contribution in [2.45, 2.75) is 72.3 Å². The monoisotopic (exact) mass is 521 g/mol. The third-order valence-electron chi connectivity index (χ3n) is 8.85. The molecule has 0 aromatic carbocycles. The van der Waals surface area contributed by atoms with Crippen LogP contribution in [0.4, 0.5) is 21.8 Å². The van der Waals surface area contributed by atoms with E-state index in [0.717, 1.165) is 62.4 Å². The standard InChI is InChI=1S/C30H44FN7/c1-5-36-12-10-24(11-13-36)37-14-16-38(17-15-37)25-19-33-30(34-20-25)35-29-28(31)27(22(4)18-32-29)26(21(2)3)23-8-6-7-9-23/h18-20,23-24H,5-17H2,1-4H3,(H,32,33,34,35). The SMILES string of the molecule is CCN1CCC(N2CCN(c3cnc(Nc4ncc(C)c(C(=C(C)C)C5CCCC5)c4F)nc3)CC2)CC1. The maximum Gasteiger partial charge on any atom is 0.228 e. The molecule has 0 radical (unpaired) electrons. The van der Waals surface area contributed by atoms with Crippen LogP contribution in [0, 0.1) is 18.7 Å². The van der Waals surface area contributed by atoms with Gasteiger partial charge in [-0.2, -0.15) is 0 Å². The average molecular weight is 522 g/mol. The lowest BCUT2D eigenvalue weighted by atomic mass is 9.86. The molecule has 2 aliphatic heterocycles. The molecule has 2 aromatic rings. The van der Waals surface area contributed by atoms with Crippen LogP contribution >= 0.6 is 0 Å². The highest BCUT2D eigenvalue weighted by Gasteiger charge is 2.28. The third kappa shape index (κ3) is 5.86. The van der Waals surface area contributed by atoms with Gasteiger partial charge in [0.1, 0.15) is 0 Å². The van der Waals surface area contributed by atoms with E-state index in [0.29, 0.717) is 23.5 Å². The third-order valence-corrected chi connectivity index (χ3v) is 8.85. The van der Waals surface area contributed by atoms with Crippen LogP contribution in [0.1, 0.15) is 70.4 Å². The summed E-state index contributed by atoms with van der Waals surface area (Å²) in [6.07, 6.45) is 12.7.